The lowest BCUT2D eigenvalue weighted by molar-refractivity contribution is 0.0954. The molecule has 0 saturated heterocycles. The Bertz CT molecular complexity index is 674. The Morgan fingerprint density at radius 2 is 2.10 bits per heavy atom. The molecular formula is C14H10BrFN2O2. The molecule has 6 heteroatoms. The minimum absolute atomic E-state index is 0.117. The second-order valence-corrected chi connectivity index (χ2v) is 4.77. The molecule has 2 aromatic rings. The van der Waals surface area contributed by atoms with Crippen molar-refractivity contribution >= 4 is 28.1 Å². The Morgan fingerprint density at radius 3 is 2.80 bits per heavy atom. The molecule has 0 fully saturated rings. The Morgan fingerprint density at radius 1 is 1.30 bits per heavy atom. The first-order chi connectivity index (χ1) is 9.56. The first-order valence-electron chi connectivity index (χ1n) is 5.64. The molecule has 0 aromatic heterocycles. The van der Waals surface area contributed by atoms with Crippen LogP contribution in [0.25, 0.3) is 0 Å². The van der Waals surface area contributed by atoms with Gasteiger partial charge in [-0.05, 0) is 57.9 Å². The van der Waals surface area contributed by atoms with Crippen LogP contribution >= 0.6 is 15.9 Å². The highest BCUT2D eigenvalue weighted by molar-refractivity contribution is 9.10. The van der Waals surface area contributed by atoms with Gasteiger partial charge in [-0.2, -0.15) is 5.10 Å². The predicted octanol–water partition coefficient (Wildman–Crippen LogP) is 3.06. The lowest BCUT2D eigenvalue weighted by atomic mass is 10.2. The number of rotatable bonds is 3. The van der Waals surface area contributed by atoms with Crippen molar-refractivity contribution in [3.63, 3.8) is 0 Å². The van der Waals surface area contributed by atoms with Crippen LogP contribution in [0.1, 0.15) is 15.9 Å². The van der Waals surface area contributed by atoms with Crippen molar-refractivity contribution in [3.05, 3.63) is 63.9 Å². The number of nitrogens with zero attached hydrogens (tertiary/aromatic N) is 1. The fourth-order valence-electron chi connectivity index (χ4n) is 1.46. The van der Waals surface area contributed by atoms with Gasteiger partial charge in [-0.1, -0.05) is 6.07 Å². The molecule has 0 aliphatic carbocycles. The van der Waals surface area contributed by atoms with Gasteiger partial charge in [0.1, 0.15) is 11.6 Å². The molecule has 4 nitrogen and oxygen atoms in total. The van der Waals surface area contributed by atoms with E-state index in [-0.39, 0.29) is 11.3 Å². The number of halogens is 2. The molecule has 2 rings (SSSR count). The minimum Gasteiger partial charge on any atom is -0.507 e. The van der Waals surface area contributed by atoms with E-state index in [1.165, 1.54) is 30.5 Å². The summed E-state index contributed by atoms with van der Waals surface area (Å²) in [5, 5.41) is 13.1. The molecule has 0 heterocycles. The van der Waals surface area contributed by atoms with Crippen LogP contribution in [-0.4, -0.2) is 17.2 Å². The van der Waals surface area contributed by atoms with Gasteiger partial charge in [-0.25, -0.2) is 9.82 Å². The number of phenols is 1. The van der Waals surface area contributed by atoms with Crippen LogP contribution in [0, 0.1) is 5.82 Å². The largest absolute Gasteiger partial charge is 0.507 e. The van der Waals surface area contributed by atoms with Crippen molar-refractivity contribution in [1.29, 1.82) is 0 Å². The first kappa shape index (κ1) is 14.2. The summed E-state index contributed by atoms with van der Waals surface area (Å²) in [7, 11) is 0. The quantitative estimate of drug-likeness (QED) is 0.668. The molecule has 0 unspecified atom stereocenters. The zero-order chi connectivity index (χ0) is 14.5. The third-order valence-corrected chi connectivity index (χ3v) is 3.07. The summed E-state index contributed by atoms with van der Waals surface area (Å²) in [5.41, 5.74) is 3.17. The molecule has 2 N–H and O–H groups in total. The van der Waals surface area contributed by atoms with Gasteiger partial charge in [0.25, 0.3) is 5.91 Å². The highest BCUT2D eigenvalue weighted by Crippen LogP contribution is 2.23. The summed E-state index contributed by atoms with van der Waals surface area (Å²) in [5.74, 6) is -0.867. The van der Waals surface area contributed by atoms with E-state index in [0.717, 1.165) is 6.07 Å². The van der Waals surface area contributed by atoms with Crippen molar-refractivity contribution in [2.75, 3.05) is 0 Å². The van der Waals surface area contributed by atoms with Crippen LogP contribution in [0.5, 0.6) is 5.75 Å². The number of hydrazone groups is 1. The van der Waals surface area contributed by atoms with Crippen molar-refractivity contribution in [2.24, 2.45) is 5.10 Å². The third-order valence-electron chi connectivity index (χ3n) is 2.44. The molecular weight excluding hydrogens is 327 g/mol. The molecule has 20 heavy (non-hydrogen) atoms. The summed E-state index contributed by atoms with van der Waals surface area (Å²) >= 11 is 3.17. The predicted molar refractivity (Wildman–Crippen MR) is 77.3 cm³/mol. The first-order valence-corrected chi connectivity index (χ1v) is 6.43. The van der Waals surface area contributed by atoms with Gasteiger partial charge in [-0.15, -0.1) is 0 Å². The lowest BCUT2D eigenvalue weighted by Gasteiger charge is -2.00. The minimum atomic E-state index is -0.501. The fraction of sp³-hybridized carbons (Fsp3) is 0. The van der Waals surface area contributed by atoms with Gasteiger partial charge >= 0.3 is 0 Å². The summed E-state index contributed by atoms with van der Waals surface area (Å²) in [6.45, 7) is 0. The topological polar surface area (TPSA) is 61.7 Å². The molecule has 0 saturated carbocycles. The maximum absolute atomic E-state index is 12.9. The molecule has 0 atom stereocenters. The third kappa shape index (κ3) is 3.64. The second-order valence-electron chi connectivity index (χ2n) is 3.92. The van der Waals surface area contributed by atoms with Crippen LogP contribution in [0.4, 0.5) is 4.39 Å². The SMILES string of the molecule is O=C(N/N=C\c1ccc(O)c(Br)c1)c1cccc(F)c1. The van der Waals surface area contributed by atoms with E-state index in [1.807, 2.05) is 0 Å². The zero-order valence-corrected chi connectivity index (χ0v) is 11.8. The molecule has 2 aromatic carbocycles. The van der Waals surface area contributed by atoms with Crippen molar-refractivity contribution in [3.8, 4) is 5.75 Å². The number of carbonyl (C=O) groups excluding carboxylic acids is 1. The van der Waals surface area contributed by atoms with E-state index in [1.54, 1.807) is 12.1 Å². The van der Waals surface area contributed by atoms with E-state index < -0.39 is 11.7 Å². The van der Waals surface area contributed by atoms with Crippen LogP contribution in [0.3, 0.4) is 0 Å². The van der Waals surface area contributed by atoms with Gasteiger partial charge in [-0.3, -0.25) is 4.79 Å². The molecule has 0 aliphatic heterocycles. The van der Waals surface area contributed by atoms with Gasteiger partial charge in [0.05, 0.1) is 10.7 Å². The van der Waals surface area contributed by atoms with Crippen molar-refractivity contribution < 1.29 is 14.3 Å². The van der Waals surface area contributed by atoms with E-state index in [4.69, 9.17) is 0 Å². The molecule has 0 bridgehead atoms. The van der Waals surface area contributed by atoms with Crippen LogP contribution in [0.2, 0.25) is 0 Å². The Kier molecular flexibility index (Phi) is 4.47. The van der Waals surface area contributed by atoms with Gasteiger partial charge in [0, 0.05) is 5.56 Å². The number of phenolic OH excluding ortho intramolecular Hbond substituents is 1. The van der Waals surface area contributed by atoms with E-state index in [9.17, 15) is 14.3 Å². The molecule has 0 spiro atoms. The normalized spacial score (nSPS) is 10.7. The number of aromatic hydroxyl groups is 1. The van der Waals surface area contributed by atoms with Crippen LogP contribution < -0.4 is 5.43 Å². The van der Waals surface area contributed by atoms with Gasteiger partial charge in [0.15, 0.2) is 0 Å². The smallest absolute Gasteiger partial charge is 0.271 e. The maximum Gasteiger partial charge on any atom is 0.271 e. The van der Waals surface area contributed by atoms with Crippen molar-refractivity contribution in [1.82, 2.24) is 5.43 Å². The molecule has 102 valence electrons. The van der Waals surface area contributed by atoms with E-state index >= 15 is 0 Å². The molecule has 0 radical (unpaired) electrons. The standard InChI is InChI=1S/C14H10BrFN2O2/c15-12-6-9(4-5-13(12)19)8-17-18-14(20)10-2-1-3-11(16)7-10/h1-8,19H,(H,18,20)/b17-8-. The van der Waals surface area contributed by atoms with E-state index in [0.29, 0.717) is 10.0 Å². The average molecular weight is 337 g/mol. The number of hydrogen-bond acceptors (Lipinski definition) is 3. The summed E-state index contributed by atoms with van der Waals surface area (Å²) < 4.78 is 13.5. The fourth-order valence-corrected chi connectivity index (χ4v) is 1.86. The molecule has 0 aliphatic rings. The molecule has 1 amide bonds. The summed E-state index contributed by atoms with van der Waals surface area (Å²) in [6, 6.07) is 10.1. The van der Waals surface area contributed by atoms with Gasteiger partial charge in [0.2, 0.25) is 0 Å². The van der Waals surface area contributed by atoms with E-state index in [2.05, 4.69) is 26.5 Å². The maximum atomic E-state index is 12.9. The van der Waals surface area contributed by atoms with Gasteiger partial charge < -0.3 is 5.11 Å². The second kappa shape index (κ2) is 6.29. The number of hydrogen-bond donors (Lipinski definition) is 2. The monoisotopic (exact) mass is 336 g/mol. The average Bonchev–Trinajstić information content (AvgIpc) is 2.42. The zero-order valence-electron chi connectivity index (χ0n) is 10.2. The Labute approximate surface area is 123 Å². The van der Waals surface area contributed by atoms with Crippen LogP contribution in [0.15, 0.2) is 52.0 Å². The highest BCUT2D eigenvalue weighted by Gasteiger charge is 2.04. The summed E-state index contributed by atoms with van der Waals surface area (Å²) in [6.07, 6.45) is 1.42. The number of carbonyl (C=O) groups is 1. The van der Waals surface area contributed by atoms with Crippen molar-refractivity contribution in [2.45, 2.75) is 0 Å². The highest BCUT2D eigenvalue weighted by atomic mass is 79.9. The Hall–Kier alpha value is -2.21. The number of amides is 1. The lowest BCUT2D eigenvalue weighted by Crippen LogP contribution is -2.17. The Balaban J connectivity index is 2.02. The number of nitrogens with one attached hydrogen (secondary N) is 1. The van der Waals surface area contributed by atoms with Crippen LogP contribution in [-0.2, 0) is 0 Å². The number of benzene rings is 2. The summed E-state index contributed by atoms with van der Waals surface area (Å²) in [4.78, 5) is 11.7.